The van der Waals surface area contributed by atoms with Crippen molar-refractivity contribution in [2.24, 2.45) is 0 Å². The highest BCUT2D eigenvalue weighted by Gasteiger charge is 2.10. The minimum Gasteiger partial charge on any atom is -0.465 e. The molecule has 0 bridgehead atoms. The van der Waals surface area contributed by atoms with Gasteiger partial charge < -0.3 is 4.74 Å². The Labute approximate surface area is 187 Å². The molecule has 154 valence electrons. The zero-order valence-electron chi connectivity index (χ0n) is 17.8. The van der Waals surface area contributed by atoms with Crippen LogP contribution < -0.4 is 0 Å². The zero-order chi connectivity index (χ0) is 21.9. The summed E-state index contributed by atoms with van der Waals surface area (Å²) >= 11 is 0. The fourth-order valence-electron chi connectivity index (χ4n) is 4.06. The monoisotopic (exact) mass is 414 g/mol. The summed E-state index contributed by atoms with van der Waals surface area (Å²) in [6, 6.07) is 37.4. The number of ether oxygens (including phenoxy) is 1. The van der Waals surface area contributed by atoms with Gasteiger partial charge in [-0.2, -0.15) is 0 Å². The Morgan fingerprint density at radius 2 is 1.12 bits per heavy atom. The molecule has 0 aliphatic carbocycles. The highest BCUT2D eigenvalue weighted by atomic mass is 16.5. The molecule has 0 N–H and O–H groups in total. The second-order valence-electron chi connectivity index (χ2n) is 7.80. The van der Waals surface area contributed by atoms with Crippen molar-refractivity contribution in [3.05, 3.63) is 131 Å². The van der Waals surface area contributed by atoms with Crippen LogP contribution in [0, 0.1) is 0 Å². The lowest BCUT2D eigenvalue weighted by molar-refractivity contribution is 0.0600. The molecule has 0 saturated heterocycles. The molecule has 0 atom stereocenters. The van der Waals surface area contributed by atoms with Gasteiger partial charge in [-0.1, -0.05) is 84.9 Å². The van der Waals surface area contributed by atoms with Gasteiger partial charge in [-0.15, -0.1) is 0 Å². The van der Waals surface area contributed by atoms with Crippen molar-refractivity contribution in [3.8, 4) is 0 Å². The van der Waals surface area contributed by atoms with Crippen molar-refractivity contribution in [3.63, 3.8) is 0 Å². The van der Waals surface area contributed by atoms with E-state index in [0.717, 1.165) is 22.3 Å². The van der Waals surface area contributed by atoms with Gasteiger partial charge in [0.05, 0.1) is 12.7 Å². The van der Waals surface area contributed by atoms with Gasteiger partial charge in [-0.3, -0.25) is 0 Å². The Hall–Kier alpha value is -4.17. The molecule has 2 nitrogen and oxygen atoms in total. The topological polar surface area (TPSA) is 26.3 Å². The Bertz CT molecular complexity index is 1460. The van der Waals surface area contributed by atoms with E-state index in [1.807, 2.05) is 24.3 Å². The molecule has 5 rings (SSSR count). The van der Waals surface area contributed by atoms with E-state index < -0.39 is 0 Å². The molecule has 0 unspecified atom stereocenters. The summed E-state index contributed by atoms with van der Waals surface area (Å²) in [7, 11) is 1.40. The van der Waals surface area contributed by atoms with E-state index in [1.54, 1.807) is 0 Å². The summed E-state index contributed by atoms with van der Waals surface area (Å²) in [5.41, 5.74) is 4.94. The minimum absolute atomic E-state index is 0.331. The average molecular weight is 415 g/mol. The van der Waals surface area contributed by atoms with E-state index in [9.17, 15) is 4.79 Å². The molecule has 0 radical (unpaired) electrons. The molecule has 0 spiro atoms. The molecule has 5 aromatic rings. The van der Waals surface area contributed by atoms with Crippen LogP contribution in [0.2, 0.25) is 0 Å². The van der Waals surface area contributed by atoms with Crippen LogP contribution in [0.3, 0.4) is 0 Å². The molecule has 32 heavy (non-hydrogen) atoms. The molecule has 0 saturated carbocycles. The van der Waals surface area contributed by atoms with Crippen LogP contribution in [-0.2, 0) is 4.74 Å². The number of fused-ring (bicyclic) bond motifs is 2. The highest BCUT2D eigenvalue weighted by Crippen LogP contribution is 2.30. The molecular weight excluding hydrogens is 392 g/mol. The van der Waals surface area contributed by atoms with Gasteiger partial charge in [-0.25, -0.2) is 4.79 Å². The third-order valence-electron chi connectivity index (χ3n) is 5.76. The fraction of sp³-hybridized carbons (Fsp3) is 0.0333. The van der Waals surface area contributed by atoms with E-state index in [0.29, 0.717) is 5.56 Å². The van der Waals surface area contributed by atoms with Crippen molar-refractivity contribution in [2.45, 2.75) is 0 Å². The number of carbonyl (C=O) groups excluding carboxylic acids is 1. The number of hydrogen-bond donors (Lipinski definition) is 0. The molecular formula is C30H22O2. The smallest absolute Gasteiger partial charge is 0.337 e. The van der Waals surface area contributed by atoms with Crippen LogP contribution in [-0.4, -0.2) is 13.1 Å². The first-order valence-corrected chi connectivity index (χ1v) is 10.6. The predicted octanol–water partition coefficient (Wildman–Crippen LogP) is 7.37. The van der Waals surface area contributed by atoms with Crippen LogP contribution >= 0.6 is 0 Å². The van der Waals surface area contributed by atoms with Gasteiger partial charge in [0.15, 0.2) is 0 Å². The maximum atomic E-state index is 11.9. The molecule has 2 heteroatoms. The van der Waals surface area contributed by atoms with Gasteiger partial charge in [0.1, 0.15) is 0 Å². The molecule has 0 fully saturated rings. The van der Waals surface area contributed by atoms with Crippen molar-refractivity contribution in [2.75, 3.05) is 7.11 Å². The van der Waals surface area contributed by atoms with E-state index in [4.69, 9.17) is 4.74 Å². The first-order chi connectivity index (χ1) is 15.7. The fourth-order valence-corrected chi connectivity index (χ4v) is 4.06. The standard InChI is InChI=1S/C30H22O2/c1-32-30(31)25-15-13-24(14-16-25)29(28-17-12-23-7-3-5-9-27(23)20-28)19-21-10-11-22-6-2-4-8-26(22)18-21/h2-20H,1H3/b29-19-. The lowest BCUT2D eigenvalue weighted by atomic mass is 9.93. The van der Waals surface area contributed by atoms with E-state index >= 15 is 0 Å². The number of esters is 1. The molecule has 0 amide bonds. The zero-order valence-corrected chi connectivity index (χ0v) is 17.8. The largest absolute Gasteiger partial charge is 0.465 e. The summed E-state index contributed by atoms with van der Waals surface area (Å²) in [4.78, 5) is 11.9. The molecule has 0 heterocycles. The quantitative estimate of drug-likeness (QED) is 0.227. The SMILES string of the molecule is COC(=O)c1ccc(/C(=C/c2ccc3ccccc3c2)c2ccc3ccccc3c2)cc1. The van der Waals surface area contributed by atoms with Gasteiger partial charge in [0.25, 0.3) is 0 Å². The normalized spacial score (nSPS) is 11.6. The van der Waals surface area contributed by atoms with E-state index in [-0.39, 0.29) is 5.97 Å². The second kappa shape index (κ2) is 8.52. The van der Waals surface area contributed by atoms with Gasteiger partial charge >= 0.3 is 5.97 Å². The summed E-state index contributed by atoms with van der Waals surface area (Å²) in [6.45, 7) is 0. The number of benzene rings is 5. The van der Waals surface area contributed by atoms with Crippen molar-refractivity contribution in [1.82, 2.24) is 0 Å². The number of rotatable bonds is 4. The average Bonchev–Trinajstić information content (AvgIpc) is 2.86. The number of methoxy groups -OCH3 is 1. The predicted molar refractivity (Wildman–Crippen MR) is 133 cm³/mol. The second-order valence-corrected chi connectivity index (χ2v) is 7.80. The highest BCUT2D eigenvalue weighted by molar-refractivity contribution is 5.97. The molecule has 0 aliphatic rings. The van der Waals surface area contributed by atoms with E-state index in [1.165, 1.54) is 28.7 Å². The Kier molecular flexibility index (Phi) is 5.27. The molecule has 0 aromatic heterocycles. The summed E-state index contributed by atoms with van der Waals surface area (Å²) < 4.78 is 4.85. The third-order valence-corrected chi connectivity index (χ3v) is 5.76. The lowest BCUT2D eigenvalue weighted by Gasteiger charge is -2.12. The first kappa shape index (κ1) is 19.8. The number of carbonyl (C=O) groups is 1. The van der Waals surface area contributed by atoms with Crippen molar-refractivity contribution in [1.29, 1.82) is 0 Å². The van der Waals surface area contributed by atoms with Crippen LogP contribution in [0.4, 0.5) is 0 Å². The van der Waals surface area contributed by atoms with Crippen molar-refractivity contribution < 1.29 is 9.53 Å². The number of hydrogen-bond acceptors (Lipinski definition) is 2. The van der Waals surface area contributed by atoms with Gasteiger partial charge in [0.2, 0.25) is 0 Å². The van der Waals surface area contributed by atoms with E-state index in [2.05, 4.69) is 91.0 Å². The van der Waals surface area contributed by atoms with Crippen LogP contribution in [0.25, 0.3) is 33.2 Å². The molecule has 5 aromatic carbocycles. The Balaban J connectivity index is 1.66. The van der Waals surface area contributed by atoms with Crippen LogP contribution in [0.5, 0.6) is 0 Å². The maximum Gasteiger partial charge on any atom is 0.337 e. The van der Waals surface area contributed by atoms with Gasteiger partial charge in [0, 0.05) is 0 Å². The Morgan fingerprint density at radius 3 is 1.78 bits per heavy atom. The lowest BCUT2D eigenvalue weighted by Crippen LogP contribution is -2.01. The third kappa shape index (κ3) is 3.91. The first-order valence-electron chi connectivity index (χ1n) is 10.6. The summed E-state index contributed by atoms with van der Waals surface area (Å²) in [5.74, 6) is -0.331. The van der Waals surface area contributed by atoms with Crippen molar-refractivity contribution >= 4 is 39.2 Å². The summed E-state index contributed by atoms with van der Waals surface area (Å²) in [5, 5.41) is 4.84. The molecule has 0 aliphatic heterocycles. The maximum absolute atomic E-state index is 11.9. The Morgan fingerprint density at radius 1 is 0.594 bits per heavy atom. The summed E-state index contributed by atoms with van der Waals surface area (Å²) in [6.07, 6.45) is 2.21. The van der Waals surface area contributed by atoms with Crippen LogP contribution in [0.1, 0.15) is 27.0 Å². The van der Waals surface area contributed by atoms with Crippen LogP contribution in [0.15, 0.2) is 109 Å². The van der Waals surface area contributed by atoms with Gasteiger partial charge in [-0.05, 0) is 74.1 Å². The minimum atomic E-state index is -0.331.